The van der Waals surface area contributed by atoms with Gasteiger partial charge in [0, 0.05) is 17.8 Å². The van der Waals surface area contributed by atoms with Crippen LogP contribution in [0.2, 0.25) is 0 Å². The number of ether oxygens (including phenoxy) is 1. The molecule has 0 bridgehead atoms. The predicted molar refractivity (Wildman–Crippen MR) is 129 cm³/mol. The molecule has 0 unspecified atom stereocenters. The lowest BCUT2D eigenvalue weighted by Crippen LogP contribution is -2.28. The molecule has 3 aromatic rings. The Kier molecular flexibility index (Phi) is 5.57. The molecular weight excluding hydrogens is 380 g/mol. The van der Waals surface area contributed by atoms with Gasteiger partial charge in [0.05, 0.1) is 18.3 Å². The van der Waals surface area contributed by atoms with Crippen LogP contribution in [0.15, 0.2) is 89.9 Å². The summed E-state index contributed by atoms with van der Waals surface area (Å²) < 4.78 is 5.64. The maximum Gasteiger partial charge on any atom is 0.119 e. The minimum Gasteiger partial charge on any atom is -0.494 e. The number of para-hydroxylation sites is 1. The van der Waals surface area contributed by atoms with Gasteiger partial charge in [0.15, 0.2) is 0 Å². The van der Waals surface area contributed by atoms with Gasteiger partial charge in [-0.15, -0.1) is 0 Å². The van der Waals surface area contributed by atoms with Crippen molar-refractivity contribution in [2.75, 3.05) is 11.9 Å². The van der Waals surface area contributed by atoms with Crippen molar-refractivity contribution in [3.8, 4) is 5.75 Å². The fourth-order valence-electron chi connectivity index (χ4n) is 4.66. The molecule has 0 amide bonds. The lowest BCUT2D eigenvalue weighted by molar-refractivity contribution is 0.317. The summed E-state index contributed by atoms with van der Waals surface area (Å²) in [6.45, 7) is 2.86. The number of benzene rings is 3. The maximum atomic E-state index is 5.64. The van der Waals surface area contributed by atoms with Gasteiger partial charge in [-0.1, -0.05) is 49.4 Å². The first-order valence-corrected chi connectivity index (χ1v) is 11.2. The summed E-state index contributed by atoms with van der Waals surface area (Å²) in [6.07, 6.45) is 8.76. The van der Waals surface area contributed by atoms with Gasteiger partial charge in [0.2, 0.25) is 0 Å². The molecule has 2 aliphatic rings. The maximum absolute atomic E-state index is 5.64. The minimum absolute atomic E-state index is 0.323. The van der Waals surface area contributed by atoms with Crippen LogP contribution in [0.3, 0.4) is 0 Å². The number of hydrogen-bond acceptors (Lipinski definition) is 3. The molecule has 0 saturated carbocycles. The number of allylic oxidation sites excluding steroid dienone is 2. The predicted octanol–water partition coefficient (Wildman–Crippen LogP) is 7.05. The number of fused-ring (bicyclic) bond motifs is 3. The van der Waals surface area contributed by atoms with E-state index in [1.807, 2.05) is 30.5 Å². The van der Waals surface area contributed by atoms with Crippen molar-refractivity contribution in [3.63, 3.8) is 0 Å². The molecule has 0 aromatic heterocycles. The molecule has 3 nitrogen and oxygen atoms in total. The number of nitrogens with one attached hydrogen (secondary N) is 1. The first kappa shape index (κ1) is 19.6. The summed E-state index contributed by atoms with van der Waals surface area (Å²) in [7, 11) is 0. The Bertz CT molecular complexity index is 1080. The van der Waals surface area contributed by atoms with E-state index in [4.69, 9.17) is 4.74 Å². The second-order valence-corrected chi connectivity index (χ2v) is 8.33. The quantitative estimate of drug-likeness (QED) is 0.350. The van der Waals surface area contributed by atoms with Crippen LogP contribution in [-0.2, 0) is 0 Å². The van der Waals surface area contributed by atoms with Crippen LogP contribution in [0.1, 0.15) is 48.4 Å². The largest absolute Gasteiger partial charge is 0.494 e. The standard InChI is InChI=1S/C28H28N2O/c1-2-18-31-23-16-10-20(11-17-23)19-29-22-14-12-21(13-15-22)28-26-8-5-7-24(26)25-6-3-4-9-27(25)30-28/h3-7,9-17,19,24,26,28,30H,2,8,18H2,1H3/t24-,26+,28-/m0/s1. The highest BCUT2D eigenvalue weighted by Crippen LogP contribution is 2.49. The average molecular weight is 409 g/mol. The highest BCUT2D eigenvalue weighted by atomic mass is 16.5. The van der Waals surface area contributed by atoms with Crippen LogP contribution in [0, 0.1) is 5.92 Å². The molecule has 0 spiro atoms. The Hall–Kier alpha value is -3.33. The molecule has 3 heteroatoms. The van der Waals surface area contributed by atoms with Crippen molar-refractivity contribution in [3.05, 3.63) is 102 Å². The molecule has 1 N–H and O–H groups in total. The average Bonchev–Trinajstić information content (AvgIpc) is 3.32. The smallest absolute Gasteiger partial charge is 0.119 e. The lowest BCUT2D eigenvalue weighted by atomic mass is 9.77. The third-order valence-electron chi connectivity index (χ3n) is 6.24. The van der Waals surface area contributed by atoms with Crippen LogP contribution in [-0.4, -0.2) is 12.8 Å². The van der Waals surface area contributed by atoms with Crippen LogP contribution in [0.25, 0.3) is 0 Å². The Balaban J connectivity index is 1.30. The molecular formula is C28H28N2O. The lowest BCUT2D eigenvalue weighted by Gasteiger charge is -2.37. The van der Waals surface area contributed by atoms with Crippen molar-refractivity contribution in [2.24, 2.45) is 10.9 Å². The summed E-state index contributed by atoms with van der Waals surface area (Å²) in [5.74, 6) is 1.98. The number of rotatable bonds is 6. The van der Waals surface area contributed by atoms with E-state index < -0.39 is 0 Å². The second-order valence-electron chi connectivity index (χ2n) is 8.33. The van der Waals surface area contributed by atoms with E-state index in [2.05, 4.69) is 77.9 Å². The van der Waals surface area contributed by atoms with Crippen LogP contribution < -0.4 is 10.1 Å². The van der Waals surface area contributed by atoms with E-state index in [0.717, 1.165) is 36.4 Å². The molecule has 156 valence electrons. The van der Waals surface area contributed by atoms with Crippen molar-refractivity contribution in [1.29, 1.82) is 0 Å². The van der Waals surface area contributed by atoms with Gasteiger partial charge in [-0.2, -0.15) is 0 Å². The number of nitrogens with zero attached hydrogens (tertiary/aromatic N) is 1. The summed E-state index contributed by atoms with van der Waals surface area (Å²) in [5, 5.41) is 3.79. The Morgan fingerprint density at radius 3 is 2.61 bits per heavy atom. The molecule has 31 heavy (non-hydrogen) atoms. The van der Waals surface area contributed by atoms with Crippen molar-refractivity contribution in [1.82, 2.24) is 0 Å². The number of anilines is 1. The zero-order valence-corrected chi connectivity index (χ0v) is 17.9. The van der Waals surface area contributed by atoms with E-state index in [0.29, 0.717) is 17.9 Å². The van der Waals surface area contributed by atoms with Gasteiger partial charge in [0.25, 0.3) is 0 Å². The monoisotopic (exact) mass is 408 g/mol. The zero-order chi connectivity index (χ0) is 21.0. The Morgan fingerprint density at radius 1 is 1.00 bits per heavy atom. The Morgan fingerprint density at radius 2 is 1.81 bits per heavy atom. The van der Waals surface area contributed by atoms with Gasteiger partial charge in [-0.3, -0.25) is 4.99 Å². The molecule has 3 aromatic carbocycles. The van der Waals surface area contributed by atoms with E-state index in [9.17, 15) is 0 Å². The molecule has 1 heterocycles. The zero-order valence-electron chi connectivity index (χ0n) is 17.9. The number of hydrogen-bond donors (Lipinski definition) is 1. The van der Waals surface area contributed by atoms with Gasteiger partial charge in [-0.05, 0) is 77.9 Å². The molecule has 0 saturated heterocycles. The normalized spacial score (nSPS) is 21.5. The molecule has 1 aliphatic carbocycles. The van der Waals surface area contributed by atoms with E-state index >= 15 is 0 Å². The van der Waals surface area contributed by atoms with Crippen LogP contribution >= 0.6 is 0 Å². The van der Waals surface area contributed by atoms with Crippen molar-refractivity contribution in [2.45, 2.75) is 31.7 Å². The molecule has 3 atom stereocenters. The third-order valence-corrected chi connectivity index (χ3v) is 6.24. The fourth-order valence-corrected chi connectivity index (χ4v) is 4.66. The van der Waals surface area contributed by atoms with Crippen molar-refractivity contribution >= 4 is 17.6 Å². The second kappa shape index (κ2) is 8.81. The summed E-state index contributed by atoms with van der Waals surface area (Å²) in [5.41, 5.74) is 6.04. The first-order valence-electron chi connectivity index (χ1n) is 11.2. The Labute approximate surface area is 184 Å². The van der Waals surface area contributed by atoms with Crippen LogP contribution in [0.4, 0.5) is 11.4 Å². The third kappa shape index (κ3) is 4.13. The van der Waals surface area contributed by atoms with E-state index in [1.165, 1.54) is 16.8 Å². The minimum atomic E-state index is 0.323. The van der Waals surface area contributed by atoms with Gasteiger partial charge in [-0.25, -0.2) is 0 Å². The fraction of sp³-hybridized carbons (Fsp3) is 0.250. The van der Waals surface area contributed by atoms with E-state index in [1.54, 1.807) is 0 Å². The first-order chi connectivity index (χ1) is 15.3. The van der Waals surface area contributed by atoms with Gasteiger partial charge >= 0.3 is 0 Å². The van der Waals surface area contributed by atoms with Gasteiger partial charge in [0.1, 0.15) is 5.75 Å². The number of aliphatic imine (C=N–C) groups is 1. The topological polar surface area (TPSA) is 33.6 Å². The van der Waals surface area contributed by atoms with Crippen molar-refractivity contribution < 1.29 is 4.74 Å². The molecule has 0 radical (unpaired) electrons. The molecule has 0 fully saturated rings. The summed E-state index contributed by atoms with van der Waals surface area (Å²) in [4.78, 5) is 4.66. The van der Waals surface area contributed by atoms with Gasteiger partial charge < -0.3 is 10.1 Å². The molecule has 5 rings (SSSR count). The van der Waals surface area contributed by atoms with Crippen LogP contribution in [0.5, 0.6) is 5.75 Å². The highest BCUT2D eigenvalue weighted by Gasteiger charge is 2.37. The molecule has 1 aliphatic heterocycles. The SMILES string of the molecule is CCCOc1ccc(C=Nc2ccc([C@@H]3Nc4ccccc4[C@@H]4C=CC[C@H]43)cc2)cc1. The highest BCUT2D eigenvalue weighted by molar-refractivity contribution is 5.82. The van der Waals surface area contributed by atoms with E-state index in [-0.39, 0.29) is 0 Å². The summed E-state index contributed by atoms with van der Waals surface area (Å²) in [6, 6.07) is 25.8. The summed E-state index contributed by atoms with van der Waals surface area (Å²) >= 11 is 0.